The van der Waals surface area contributed by atoms with Crippen molar-refractivity contribution in [3.8, 4) is 11.5 Å². The number of nitrogens with two attached hydrogens (primary N) is 1. The molecule has 0 radical (unpaired) electrons. The zero-order valence-corrected chi connectivity index (χ0v) is 23.4. The number of aryl methyl sites for hydroxylation is 1. The van der Waals surface area contributed by atoms with Crippen LogP contribution in [0.5, 0.6) is 11.5 Å². The van der Waals surface area contributed by atoms with Crippen LogP contribution in [0.4, 0.5) is 34.4 Å². The molecule has 13 nitrogen and oxygen atoms in total. The molecule has 0 spiro atoms. The van der Waals surface area contributed by atoms with Crippen LogP contribution in [0.15, 0.2) is 65.0 Å². The summed E-state index contributed by atoms with van der Waals surface area (Å²) >= 11 is 0. The van der Waals surface area contributed by atoms with Gasteiger partial charge in [-0.1, -0.05) is 0 Å². The first-order valence-electron chi connectivity index (χ1n) is 13.9. The molecule has 0 atom stereocenters. The molecule has 0 bridgehead atoms. The molecule has 0 aliphatic carbocycles. The minimum atomic E-state index is -1.31. The molecule has 4 heterocycles. The quantitative estimate of drug-likeness (QED) is 0.104. The Morgan fingerprint density at radius 2 is 1.88 bits per heavy atom. The number of aromatic amines is 2. The number of hydrogen-bond donors (Lipinski definition) is 5. The Kier molecular flexibility index (Phi) is 7.66. The smallest absolute Gasteiger partial charge is 0.226 e. The minimum absolute atomic E-state index is 0.0718. The summed E-state index contributed by atoms with van der Waals surface area (Å²) in [6.45, 7) is 4.87. The van der Waals surface area contributed by atoms with E-state index in [1.54, 1.807) is 0 Å². The number of H-pyrrole nitrogens is 2. The topological polar surface area (TPSA) is 162 Å². The molecule has 0 amide bonds. The first-order chi connectivity index (χ1) is 20.5. The highest BCUT2D eigenvalue weighted by Gasteiger charge is 2.22. The first kappa shape index (κ1) is 27.2. The Hall–Kier alpha value is -5.01. The van der Waals surface area contributed by atoms with Crippen LogP contribution in [0, 0.1) is 0 Å². The Morgan fingerprint density at radius 1 is 1.05 bits per heavy atom. The Bertz CT molecular complexity index is 1600. The van der Waals surface area contributed by atoms with Gasteiger partial charge in [0, 0.05) is 68.1 Å². The van der Waals surface area contributed by atoms with Crippen molar-refractivity contribution >= 4 is 40.4 Å². The maximum Gasteiger partial charge on any atom is 0.226 e. The number of rotatable bonds is 11. The molecule has 0 saturated carbocycles. The van der Waals surface area contributed by atoms with Crippen LogP contribution in [0.25, 0.3) is 0 Å². The number of azo groups is 1. The molecule has 0 saturated heterocycles. The Morgan fingerprint density at radius 3 is 2.67 bits per heavy atom. The van der Waals surface area contributed by atoms with E-state index in [-0.39, 0.29) is 11.5 Å². The molecule has 218 valence electrons. The summed E-state index contributed by atoms with van der Waals surface area (Å²) in [5.74, 6) is 0.875. The number of carboxylic acid groups (broad SMARTS) is 1. The number of aromatic nitrogens is 2. The van der Waals surface area contributed by atoms with Gasteiger partial charge in [-0.2, -0.15) is 5.43 Å². The molecule has 2 aromatic heterocycles. The van der Waals surface area contributed by atoms with E-state index < -0.39 is 5.97 Å². The molecule has 6 rings (SSSR count). The van der Waals surface area contributed by atoms with E-state index in [0.29, 0.717) is 17.2 Å². The molecule has 13 heteroatoms. The lowest BCUT2D eigenvalue weighted by molar-refractivity contribution is -0.542. The third-order valence-electron chi connectivity index (χ3n) is 7.53. The third kappa shape index (κ3) is 5.73. The highest BCUT2D eigenvalue weighted by molar-refractivity contribution is 5.84. The largest absolute Gasteiger partial charge is 0.543 e. The van der Waals surface area contributed by atoms with Crippen molar-refractivity contribution in [1.82, 2.24) is 15.6 Å². The van der Waals surface area contributed by atoms with Gasteiger partial charge in [0.15, 0.2) is 17.3 Å². The number of carbonyl (C=O) groups is 1. The monoisotopic (exact) mass is 571 g/mol. The van der Waals surface area contributed by atoms with Crippen LogP contribution < -0.4 is 41.1 Å². The number of quaternary nitrogens is 1. The maximum absolute atomic E-state index is 11.1. The number of hydrogen-bond acceptors (Lipinski definition) is 10. The average molecular weight is 572 g/mol. The lowest BCUT2D eigenvalue weighted by Crippen LogP contribution is -2.83. The summed E-state index contributed by atoms with van der Waals surface area (Å²) in [5, 5.41) is 19.7. The highest BCUT2D eigenvalue weighted by Crippen LogP contribution is 2.39. The number of nitrogens with zero attached hydrogens (tertiary/aromatic N) is 4. The number of nitrogen functional groups attached to an aromatic ring is 1. The summed E-state index contributed by atoms with van der Waals surface area (Å²) in [5.41, 5.74) is 13.6. The number of likely N-dealkylation sites (N-methyl/N-ethyl adjacent to an activating group) is 1. The zero-order valence-electron chi connectivity index (χ0n) is 23.4. The van der Waals surface area contributed by atoms with Crippen molar-refractivity contribution in [2.24, 2.45) is 10.2 Å². The van der Waals surface area contributed by atoms with E-state index in [0.717, 1.165) is 67.3 Å². The van der Waals surface area contributed by atoms with Crippen LogP contribution in [-0.2, 0) is 12.8 Å². The summed E-state index contributed by atoms with van der Waals surface area (Å²) in [6, 6.07) is 14.8. The first-order valence-corrected chi connectivity index (χ1v) is 13.9. The van der Waals surface area contributed by atoms with Gasteiger partial charge in [-0.05, 0) is 67.6 Å². The molecule has 6 N–H and O–H groups in total. The van der Waals surface area contributed by atoms with E-state index in [9.17, 15) is 9.90 Å². The van der Waals surface area contributed by atoms with Crippen LogP contribution >= 0.6 is 0 Å². The van der Waals surface area contributed by atoms with Gasteiger partial charge in [0.2, 0.25) is 5.82 Å². The lowest BCUT2D eigenvalue weighted by atomic mass is 10.0. The number of anilines is 3. The standard InChI is InChI=1S/C29H33N9O4/c1-3-38-12-5-6-18-14-21(33-35-28-9-8-20(31-28)29(39)40)26(17-24(18)38)42-36-41-25-16-23-19(10-13-37(23)2)15-22(25)32-34-27-7-4-11-30-27/h4,7-9,11,14-17,30-32,34,36H,3,5-6,10,12-13H2,1-2H3,(H,39,40). The molecule has 4 aromatic rings. The van der Waals surface area contributed by atoms with Crippen molar-refractivity contribution < 1.29 is 25.0 Å². The minimum Gasteiger partial charge on any atom is -0.543 e. The van der Waals surface area contributed by atoms with E-state index in [4.69, 9.17) is 9.68 Å². The Balaban J connectivity index is 1.25. The van der Waals surface area contributed by atoms with Gasteiger partial charge in [-0.15, -0.1) is 10.2 Å². The molecule has 2 aromatic carbocycles. The summed E-state index contributed by atoms with van der Waals surface area (Å²) in [4.78, 5) is 33.4. The van der Waals surface area contributed by atoms with E-state index in [2.05, 4.69) is 61.1 Å². The zero-order chi connectivity index (χ0) is 29.1. The molecule has 2 aliphatic rings. The summed E-state index contributed by atoms with van der Waals surface area (Å²) in [7, 11) is 2.06. The second-order valence-electron chi connectivity index (χ2n) is 10.2. The van der Waals surface area contributed by atoms with Crippen LogP contribution in [0.1, 0.15) is 35.0 Å². The van der Waals surface area contributed by atoms with Gasteiger partial charge >= 0.3 is 0 Å². The number of nitrogens with one attached hydrogen (secondary N) is 4. The fraction of sp³-hybridized carbons (Fsp3) is 0.276. The van der Waals surface area contributed by atoms with Crippen LogP contribution in [0.3, 0.4) is 0 Å². The van der Waals surface area contributed by atoms with Crippen LogP contribution in [0.2, 0.25) is 0 Å². The van der Waals surface area contributed by atoms with Gasteiger partial charge in [0.05, 0.1) is 11.7 Å². The number of carbonyl (C=O) groups excluding carboxylic acids is 1. The van der Waals surface area contributed by atoms with Crippen molar-refractivity contribution in [1.29, 1.82) is 0 Å². The number of benzene rings is 2. The molecule has 42 heavy (non-hydrogen) atoms. The number of aromatic carboxylic acids is 1. The molecular formula is C29H33N9O4. The summed E-state index contributed by atoms with van der Waals surface area (Å²) in [6.07, 6.45) is 4.76. The Labute approximate surface area is 242 Å². The van der Waals surface area contributed by atoms with E-state index >= 15 is 0 Å². The summed E-state index contributed by atoms with van der Waals surface area (Å²) < 4.78 is 0. The second kappa shape index (κ2) is 11.8. The van der Waals surface area contributed by atoms with Gasteiger partial charge in [-0.25, -0.2) is 5.43 Å². The molecule has 0 unspecified atom stereocenters. The highest BCUT2D eigenvalue weighted by atomic mass is 16.9. The van der Waals surface area contributed by atoms with Crippen molar-refractivity contribution in [3.63, 3.8) is 0 Å². The predicted molar refractivity (Wildman–Crippen MR) is 156 cm³/mol. The van der Waals surface area contributed by atoms with Gasteiger partial charge in [0.1, 0.15) is 11.4 Å². The molecule has 0 fully saturated rings. The fourth-order valence-corrected chi connectivity index (χ4v) is 5.31. The third-order valence-corrected chi connectivity index (χ3v) is 7.53. The molecule has 2 aliphatic heterocycles. The fourth-order valence-electron chi connectivity index (χ4n) is 5.31. The van der Waals surface area contributed by atoms with Crippen LogP contribution in [-0.4, -0.2) is 42.6 Å². The van der Waals surface area contributed by atoms with E-state index in [1.165, 1.54) is 17.7 Å². The lowest BCUT2D eigenvalue weighted by Gasteiger charge is -2.30. The normalized spacial score (nSPS) is 14.2. The number of carboxylic acids is 1. The van der Waals surface area contributed by atoms with Gasteiger partial charge in [-0.3, -0.25) is 0 Å². The molecular weight excluding hydrogens is 538 g/mol. The second-order valence-corrected chi connectivity index (χ2v) is 10.2. The van der Waals surface area contributed by atoms with Crippen molar-refractivity contribution in [2.75, 3.05) is 41.9 Å². The SMILES string of the molecule is CCN1CCCc2cc(N=Nc3ccc(C(=O)[O-])[nH]3)c(ONOc3cc4c(cc3N[NH2+]c3ccc[nH]3)CCN4C)cc21. The maximum atomic E-state index is 11.1. The van der Waals surface area contributed by atoms with Gasteiger partial charge < -0.3 is 39.3 Å². The predicted octanol–water partition coefficient (Wildman–Crippen LogP) is 2.99. The van der Waals surface area contributed by atoms with Crippen molar-refractivity contribution in [3.05, 3.63) is 71.5 Å². The van der Waals surface area contributed by atoms with E-state index in [1.807, 2.05) is 42.0 Å². The number of fused-ring (bicyclic) bond motifs is 2. The van der Waals surface area contributed by atoms with Gasteiger partial charge in [0.25, 0.3) is 0 Å². The average Bonchev–Trinajstić information content (AvgIpc) is 3.77. The van der Waals surface area contributed by atoms with Crippen molar-refractivity contribution in [2.45, 2.75) is 26.2 Å².